The highest BCUT2D eigenvalue weighted by Gasteiger charge is 2.14. The average Bonchev–Trinajstić information content (AvgIpc) is 3.07. The molecular weight excluding hydrogens is 405 g/mol. The van der Waals surface area contributed by atoms with E-state index in [1.54, 1.807) is 24.4 Å². The van der Waals surface area contributed by atoms with Crippen molar-refractivity contribution in [1.29, 1.82) is 0 Å². The van der Waals surface area contributed by atoms with Gasteiger partial charge in [0.05, 0.1) is 11.4 Å². The molecule has 0 saturated heterocycles. The summed E-state index contributed by atoms with van der Waals surface area (Å²) in [5.41, 5.74) is 4.76. The number of para-hydroxylation sites is 1. The maximum atomic E-state index is 12.4. The van der Waals surface area contributed by atoms with Crippen LogP contribution in [0.4, 0.5) is 5.69 Å². The topological polar surface area (TPSA) is 57.8 Å². The quantitative estimate of drug-likeness (QED) is 0.371. The normalized spacial score (nSPS) is 11.0. The summed E-state index contributed by atoms with van der Waals surface area (Å²) in [6.45, 7) is 0. The van der Waals surface area contributed by atoms with Crippen LogP contribution in [0.3, 0.4) is 0 Å². The summed E-state index contributed by atoms with van der Waals surface area (Å²) < 4.78 is 0. The van der Waals surface area contributed by atoms with Gasteiger partial charge in [-0.15, -0.1) is 0 Å². The molecule has 0 aliphatic heterocycles. The van der Waals surface area contributed by atoms with Gasteiger partial charge in [0, 0.05) is 39.3 Å². The van der Waals surface area contributed by atoms with Gasteiger partial charge in [0.15, 0.2) is 0 Å². The number of anilines is 1. The van der Waals surface area contributed by atoms with Gasteiger partial charge in [-0.2, -0.15) is 0 Å². The Hall–Kier alpha value is -2.82. The van der Waals surface area contributed by atoms with Gasteiger partial charge in [-0.05, 0) is 54.8 Å². The van der Waals surface area contributed by atoms with E-state index in [1.165, 1.54) is 5.56 Å². The minimum Gasteiger partial charge on any atom is -0.353 e. The van der Waals surface area contributed by atoms with Crippen LogP contribution in [-0.4, -0.2) is 15.9 Å². The summed E-state index contributed by atoms with van der Waals surface area (Å²) in [5, 5.41) is 5.01. The van der Waals surface area contributed by atoms with E-state index in [2.05, 4.69) is 27.4 Å². The lowest BCUT2D eigenvalue weighted by molar-refractivity contribution is -0.116. The van der Waals surface area contributed by atoms with Crippen LogP contribution in [0.25, 0.3) is 22.3 Å². The number of pyridine rings is 1. The van der Waals surface area contributed by atoms with Crippen molar-refractivity contribution in [3.8, 4) is 11.4 Å². The molecule has 0 aliphatic rings. The lowest BCUT2D eigenvalue weighted by Crippen LogP contribution is -2.11. The summed E-state index contributed by atoms with van der Waals surface area (Å²) in [4.78, 5) is 20.3. The molecule has 1 amide bonds. The number of amides is 1. The number of carbonyl (C=O) groups excluding carboxylic acids is 1. The Morgan fingerprint density at radius 1 is 1.00 bits per heavy atom. The number of rotatable bonds is 6. The molecule has 0 unspecified atom stereocenters. The molecule has 4 nitrogen and oxygen atoms in total. The maximum absolute atomic E-state index is 12.4. The SMILES string of the molecule is O=C(CCCc1c(-c2ccccn2)[nH]c2ccccc12)Nc1cc(Cl)cc(Cl)c1. The van der Waals surface area contributed by atoms with Gasteiger partial charge in [0.25, 0.3) is 0 Å². The number of aromatic amines is 1. The largest absolute Gasteiger partial charge is 0.353 e. The molecule has 0 saturated carbocycles. The van der Waals surface area contributed by atoms with Gasteiger partial charge in [-0.25, -0.2) is 0 Å². The standard InChI is InChI=1S/C23H19Cl2N3O/c24-15-12-16(25)14-17(13-15)27-22(29)10-5-7-19-18-6-1-2-8-20(18)28-23(19)21-9-3-4-11-26-21/h1-4,6,8-9,11-14,28H,5,7,10H2,(H,27,29). The van der Waals surface area contributed by atoms with E-state index < -0.39 is 0 Å². The van der Waals surface area contributed by atoms with E-state index in [-0.39, 0.29) is 5.91 Å². The van der Waals surface area contributed by atoms with Crippen molar-refractivity contribution in [3.05, 3.63) is 82.5 Å². The summed E-state index contributed by atoms with van der Waals surface area (Å²) >= 11 is 12.0. The minimum absolute atomic E-state index is 0.0671. The third-order valence-electron chi connectivity index (χ3n) is 4.71. The van der Waals surface area contributed by atoms with E-state index in [4.69, 9.17) is 23.2 Å². The van der Waals surface area contributed by atoms with Crippen molar-refractivity contribution in [2.75, 3.05) is 5.32 Å². The molecule has 0 atom stereocenters. The van der Waals surface area contributed by atoms with Crippen molar-refractivity contribution >= 4 is 45.7 Å². The van der Waals surface area contributed by atoms with Gasteiger partial charge in [0.2, 0.25) is 5.91 Å². The molecule has 4 aromatic rings. The fourth-order valence-corrected chi connectivity index (χ4v) is 3.99. The molecule has 2 heterocycles. The number of hydrogen-bond acceptors (Lipinski definition) is 2. The first-order valence-corrected chi connectivity index (χ1v) is 10.1. The number of fused-ring (bicyclic) bond motifs is 1. The third-order valence-corrected chi connectivity index (χ3v) is 5.15. The molecule has 0 fully saturated rings. The van der Waals surface area contributed by atoms with E-state index in [1.807, 2.05) is 30.3 Å². The van der Waals surface area contributed by atoms with E-state index in [9.17, 15) is 4.79 Å². The Morgan fingerprint density at radius 3 is 2.52 bits per heavy atom. The first kappa shape index (κ1) is 19.5. The van der Waals surface area contributed by atoms with Crippen molar-refractivity contribution in [3.63, 3.8) is 0 Å². The summed E-state index contributed by atoms with van der Waals surface area (Å²) in [6.07, 6.45) is 3.65. The van der Waals surface area contributed by atoms with Gasteiger partial charge in [0.1, 0.15) is 0 Å². The lowest BCUT2D eigenvalue weighted by Gasteiger charge is -2.07. The van der Waals surface area contributed by atoms with Crippen molar-refractivity contribution in [2.24, 2.45) is 0 Å². The van der Waals surface area contributed by atoms with Crippen LogP contribution in [0.1, 0.15) is 18.4 Å². The monoisotopic (exact) mass is 423 g/mol. The molecule has 4 rings (SSSR count). The van der Waals surface area contributed by atoms with Gasteiger partial charge >= 0.3 is 0 Å². The number of halogens is 2. The van der Waals surface area contributed by atoms with Crippen molar-refractivity contribution in [1.82, 2.24) is 9.97 Å². The number of nitrogens with zero attached hydrogens (tertiary/aromatic N) is 1. The Balaban J connectivity index is 1.49. The van der Waals surface area contributed by atoms with Crippen molar-refractivity contribution in [2.45, 2.75) is 19.3 Å². The zero-order valence-corrected chi connectivity index (χ0v) is 17.1. The summed E-state index contributed by atoms with van der Waals surface area (Å²) in [5.74, 6) is -0.0671. The third kappa shape index (κ3) is 4.61. The van der Waals surface area contributed by atoms with Crippen LogP contribution in [0.5, 0.6) is 0 Å². The van der Waals surface area contributed by atoms with Crippen LogP contribution >= 0.6 is 23.2 Å². The fraction of sp³-hybridized carbons (Fsp3) is 0.130. The summed E-state index contributed by atoms with van der Waals surface area (Å²) in [6, 6.07) is 19.1. The molecular formula is C23H19Cl2N3O. The Bertz CT molecular complexity index is 1140. The Kier molecular flexibility index (Phi) is 5.84. The maximum Gasteiger partial charge on any atom is 0.224 e. The predicted octanol–water partition coefficient (Wildman–Crippen LogP) is 6.50. The summed E-state index contributed by atoms with van der Waals surface area (Å²) in [7, 11) is 0. The predicted molar refractivity (Wildman–Crippen MR) is 120 cm³/mol. The van der Waals surface area contributed by atoms with E-state index in [0.717, 1.165) is 28.7 Å². The van der Waals surface area contributed by atoms with Crippen LogP contribution in [0.2, 0.25) is 10.0 Å². The van der Waals surface area contributed by atoms with Gasteiger partial charge in [-0.3, -0.25) is 9.78 Å². The fourth-order valence-electron chi connectivity index (χ4n) is 3.46. The van der Waals surface area contributed by atoms with Crippen LogP contribution < -0.4 is 5.32 Å². The van der Waals surface area contributed by atoms with Gasteiger partial charge < -0.3 is 10.3 Å². The molecule has 0 aliphatic carbocycles. The van der Waals surface area contributed by atoms with E-state index in [0.29, 0.717) is 28.6 Å². The smallest absolute Gasteiger partial charge is 0.224 e. The van der Waals surface area contributed by atoms with Crippen LogP contribution in [0.15, 0.2) is 66.9 Å². The van der Waals surface area contributed by atoms with Crippen LogP contribution in [0, 0.1) is 0 Å². The number of aromatic nitrogens is 2. The second-order valence-corrected chi connectivity index (χ2v) is 7.67. The highest BCUT2D eigenvalue weighted by Crippen LogP contribution is 2.30. The minimum atomic E-state index is -0.0671. The Labute approximate surface area is 178 Å². The molecule has 0 spiro atoms. The zero-order chi connectivity index (χ0) is 20.2. The number of carbonyl (C=O) groups is 1. The van der Waals surface area contributed by atoms with Gasteiger partial charge in [-0.1, -0.05) is 47.5 Å². The number of aryl methyl sites for hydroxylation is 1. The molecule has 2 aromatic carbocycles. The number of nitrogens with one attached hydrogen (secondary N) is 2. The second-order valence-electron chi connectivity index (χ2n) is 6.80. The second kappa shape index (κ2) is 8.68. The molecule has 6 heteroatoms. The first-order valence-electron chi connectivity index (χ1n) is 9.37. The Morgan fingerprint density at radius 2 is 1.76 bits per heavy atom. The number of H-pyrrole nitrogens is 1. The molecule has 2 N–H and O–H groups in total. The van der Waals surface area contributed by atoms with E-state index >= 15 is 0 Å². The highest BCUT2D eigenvalue weighted by atomic mass is 35.5. The molecule has 0 bridgehead atoms. The average molecular weight is 424 g/mol. The van der Waals surface area contributed by atoms with Crippen LogP contribution in [-0.2, 0) is 11.2 Å². The molecule has 29 heavy (non-hydrogen) atoms. The van der Waals surface area contributed by atoms with Crippen molar-refractivity contribution < 1.29 is 4.79 Å². The highest BCUT2D eigenvalue weighted by molar-refractivity contribution is 6.35. The molecule has 2 aromatic heterocycles. The first-order chi connectivity index (χ1) is 14.1. The number of benzene rings is 2. The molecule has 146 valence electrons. The zero-order valence-electron chi connectivity index (χ0n) is 15.6. The molecule has 0 radical (unpaired) electrons. The lowest BCUT2D eigenvalue weighted by atomic mass is 10.0. The number of hydrogen-bond donors (Lipinski definition) is 2.